The molecule has 1 unspecified atom stereocenters. The van der Waals surface area contributed by atoms with Crippen molar-refractivity contribution in [2.45, 2.75) is 44.4 Å². The molecule has 3 aliphatic rings. The molecule has 2 N–H and O–H groups in total. The van der Waals surface area contributed by atoms with Gasteiger partial charge in [0.05, 0.1) is 40.2 Å². The number of aromatic nitrogens is 1. The number of cyclic esters (lactones) is 1. The molecule has 2 atom stereocenters. The summed E-state index contributed by atoms with van der Waals surface area (Å²) >= 11 is 3.47. The zero-order valence-corrected chi connectivity index (χ0v) is 20.4. The van der Waals surface area contributed by atoms with Crippen LogP contribution in [0.5, 0.6) is 0 Å². The van der Waals surface area contributed by atoms with Crippen molar-refractivity contribution in [1.82, 2.24) is 4.57 Å². The van der Waals surface area contributed by atoms with Gasteiger partial charge in [0, 0.05) is 29.8 Å². The summed E-state index contributed by atoms with van der Waals surface area (Å²) in [6.45, 7) is 1.77. The van der Waals surface area contributed by atoms with E-state index in [0.29, 0.717) is 40.0 Å². The number of fused-ring (bicyclic) bond motifs is 1. The Morgan fingerprint density at radius 2 is 2.11 bits per heavy atom. The van der Waals surface area contributed by atoms with E-state index in [1.807, 2.05) is 10.8 Å². The Morgan fingerprint density at radius 3 is 2.80 bits per heavy atom. The van der Waals surface area contributed by atoms with E-state index in [2.05, 4.69) is 15.9 Å². The number of allylic oxidation sites excluding steroid dienone is 3. The Kier molecular flexibility index (Phi) is 5.80. The van der Waals surface area contributed by atoms with Crippen molar-refractivity contribution in [3.8, 4) is 0 Å². The summed E-state index contributed by atoms with van der Waals surface area (Å²) < 4.78 is 21.3. The maximum Gasteiger partial charge on any atom is 0.343 e. The van der Waals surface area contributed by atoms with E-state index in [1.54, 1.807) is 13.0 Å². The van der Waals surface area contributed by atoms with Gasteiger partial charge in [-0.15, -0.1) is 0 Å². The topological polar surface area (TPSA) is 109 Å². The largest absolute Gasteiger partial charge is 0.458 e. The fourth-order valence-corrected chi connectivity index (χ4v) is 5.84. The lowest BCUT2D eigenvalue weighted by atomic mass is 9.84. The van der Waals surface area contributed by atoms with E-state index >= 15 is 0 Å². The third-order valence-corrected chi connectivity index (χ3v) is 7.99. The number of aliphatic hydroxyl groups excluding tert-OH is 1. The number of carbonyl (C=O) groups is 1. The van der Waals surface area contributed by atoms with Gasteiger partial charge in [0.2, 0.25) is 0 Å². The first-order chi connectivity index (χ1) is 16.7. The second-order valence-electron chi connectivity index (χ2n) is 8.88. The summed E-state index contributed by atoms with van der Waals surface area (Å²) in [4.78, 5) is 39.4. The summed E-state index contributed by atoms with van der Waals surface area (Å²) in [6.07, 6.45) is 2.11. The molecular formula is C25H22BrFN2O6. The lowest BCUT2D eigenvalue weighted by molar-refractivity contribution is -0.172. The van der Waals surface area contributed by atoms with E-state index in [1.165, 1.54) is 22.9 Å². The Hall–Kier alpha value is -3.04. The highest BCUT2D eigenvalue weighted by Gasteiger charge is 2.44. The fraction of sp³-hybridized carbons (Fsp3) is 0.360. The van der Waals surface area contributed by atoms with Crippen LogP contribution in [0.2, 0.25) is 0 Å². The Balaban J connectivity index is 1.63. The first-order valence-electron chi connectivity index (χ1n) is 11.2. The van der Waals surface area contributed by atoms with Crippen LogP contribution in [0.1, 0.15) is 47.9 Å². The zero-order valence-electron chi connectivity index (χ0n) is 18.8. The summed E-state index contributed by atoms with van der Waals surface area (Å²) in [7, 11) is 0. The number of hydrogen-bond acceptors (Lipinski definition) is 7. The molecule has 35 heavy (non-hydrogen) atoms. The minimum Gasteiger partial charge on any atom is -0.458 e. The number of esters is 1. The second kappa shape index (κ2) is 8.57. The second-order valence-corrected chi connectivity index (χ2v) is 9.67. The van der Waals surface area contributed by atoms with Crippen molar-refractivity contribution in [3.63, 3.8) is 0 Å². The molecule has 4 heterocycles. The van der Waals surface area contributed by atoms with Crippen LogP contribution in [0.25, 0.3) is 5.57 Å². The molecule has 0 amide bonds. The van der Waals surface area contributed by atoms with E-state index in [-0.39, 0.29) is 48.8 Å². The number of benzene rings is 1. The summed E-state index contributed by atoms with van der Waals surface area (Å²) in [6, 6.07) is 4.19. The fourth-order valence-electron chi connectivity index (χ4n) is 5.21. The van der Waals surface area contributed by atoms with Crippen molar-refractivity contribution >= 4 is 39.1 Å². The number of pyridine rings is 1. The molecule has 0 radical (unpaired) electrons. The Morgan fingerprint density at radius 1 is 1.34 bits per heavy atom. The van der Waals surface area contributed by atoms with Crippen LogP contribution >= 0.6 is 15.9 Å². The molecule has 0 saturated carbocycles. The van der Waals surface area contributed by atoms with Crippen LogP contribution in [0.4, 0.5) is 10.1 Å². The maximum absolute atomic E-state index is 14.4. The molecule has 0 spiro atoms. The predicted molar refractivity (Wildman–Crippen MR) is 128 cm³/mol. The van der Waals surface area contributed by atoms with Crippen molar-refractivity contribution in [3.05, 3.63) is 73.0 Å². The molecule has 5 rings (SSSR count). The van der Waals surface area contributed by atoms with Gasteiger partial charge in [-0.1, -0.05) is 6.92 Å². The van der Waals surface area contributed by atoms with Gasteiger partial charge in [0.15, 0.2) is 5.60 Å². The zero-order chi connectivity index (χ0) is 25.1. The van der Waals surface area contributed by atoms with Gasteiger partial charge >= 0.3 is 5.97 Å². The van der Waals surface area contributed by atoms with Gasteiger partial charge in [0.1, 0.15) is 18.4 Å². The quantitative estimate of drug-likeness (QED) is 0.449. The lowest BCUT2D eigenvalue weighted by Gasteiger charge is -2.41. The highest BCUT2D eigenvalue weighted by molar-refractivity contribution is 9.12. The van der Waals surface area contributed by atoms with Crippen LogP contribution in [0.3, 0.4) is 0 Å². The molecule has 0 bridgehead atoms. The lowest BCUT2D eigenvalue weighted by Crippen LogP contribution is -2.44. The van der Waals surface area contributed by atoms with Crippen LogP contribution in [0, 0.1) is 5.82 Å². The van der Waals surface area contributed by atoms with Gasteiger partial charge in [-0.25, -0.2) is 14.0 Å². The molecule has 3 aliphatic heterocycles. The third kappa shape index (κ3) is 3.43. The van der Waals surface area contributed by atoms with Crippen molar-refractivity contribution < 1.29 is 28.9 Å². The van der Waals surface area contributed by atoms with Crippen molar-refractivity contribution in [2.75, 3.05) is 18.1 Å². The Labute approximate surface area is 208 Å². The molecule has 0 saturated heterocycles. The Bertz CT molecular complexity index is 1410. The smallest absolute Gasteiger partial charge is 0.343 e. The highest BCUT2D eigenvalue weighted by Crippen LogP contribution is 2.49. The molecule has 10 heteroatoms. The number of rotatable bonds is 4. The molecule has 2 aromatic rings. The standard InChI is InChI=1S/C25H22BrFN2O6/c1-2-25(34)19-4-5-28(23(32)18(19)12-35-24(25)33)9-20-21(26)17(11-31)16-8-14(27)7-15-13(10-30)3-6-29(20)22(15)16/h4-5,7-8,13,30,34H,2-3,6,9-10,12H2,1H3/t13?,25-/m0/s1. The van der Waals surface area contributed by atoms with Crippen molar-refractivity contribution in [2.24, 2.45) is 0 Å². The highest BCUT2D eigenvalue weighted by atomic mass is 79.9. The van der Waals surface area contributed by atoms with Crippen molar-refractivity contribution in [1.29, 1.82) is 0 Å². The minimum atomic E-state index is -1.88. The minimum absolute atomic E-state index is 0.0520. The first-order valence-corrected chi connectivity index (χ1v) is 12.0. The average Bonchev–Trinajstić information content (AvgIpc) is 2.85. The van der Waals surface area contributed by atoms with Crippen LogP contribution < -0.4 is 10.5 Å². The van der Waals surface area contributed by atoms with Gasteiger partial charge < -0.3 is 24.4 Å². The van der Waals surface area contributed by atoms with Crippen LogP contribution in [-0.2, 0) is 33.1 Å². The monoisotopic (exact) mass is 544 g/mol. The van der Waals surface area contributed by atoms with Gasteiger partial charge in [-0.2, -0.15) is 0 Å². The number of anilines is 1. The number of nitrogens with zero attached hydrogens (tertiary/aromatic N) is 2. The summed E-state index contributed by atoms with van der Waals surface area (Å²) in [5.41, 5.74) is 0.431. The maximum atomic E-state index is 14.4. The van der Waals surface area contributed by atoms with Crippen LogP contribution in [-0.4, -0.2) is 39.8 Å². The predicted octanol–water partition coefficient (Wildman–Crippen LogP) is 2.46. The van der Waals surface area contributed by atoms with E-state index in [9.17, 15) is 29.0 Å². The van der Waals surface area contributed by atoms with E-state index in [0.717, 1.165) is 0 Å². The number of hydrogen-bond donors (Lipinski definition) is 2. The number of ether oxygens (including phenoxy) is 1. The van der Waals surface area contributed by atoms with E-state index in [4.69, 9.17) is 4.74 Å². The molecule has 0 fully saturated rings. The van der Waals surface area contributed by atoms with E-state index < -0.39 is 22.9 Å². The number of halogens is 2. The molecule has 182 valence electrons. The number of aliphatic hydroxyl groups is 2. The molecule has 8 nitrogen and oxygen atoms in total. The average molecular weight is 545 g/mol. The third-order valence-electron chi connectivity index (χ3n) is 7.13. The first kappa shape index (κ1) is 23.7. The normalized spacial score (nSPS) is 23.0. The molecular weight excluding hydrogens is 523 g/mol. The summed E-state index contributed by atoms with van der Waals surface area (Å²) in [5.74, 6) is 0.315. The molecule has 1 aromatic heterocycles. The van der Waals surface area contributed by atoms with Crippen LogP contribution in [0.15, 0.2) is 39.4 Å². The van der Waals surface area contributed by atoms with Gasteiger partial charge in [-0.3, -0.25) is 4.79 Å². The van der Waals surface area contributed by atoms with Gasteiger partial charge in [-0.05, 0) is 52.5 Å². The number of carbonyl (C=O) groups excluding carboxylic acids is 2. The molecule has 0 aliphatic carbocycles. The SMILES string of the molecule is CC[C@@]1(O)C(=O)OCc2c1ccn(CC1=C(Br)C(=C=O)c3cc(F)cc4c3N1CCC4CO)c2=O. The summed E-state index contributed by atoms with van der Waals surface area (Å²) in [5, 5.41) is 20.7. The van der Waals surface area contributed by atoms with Gasteiger partial charge in [0.25, 0.3) is 5.56 Å². The molecule has 1 aromatic carbocycles.